The summed E-state index contributed by atoms with van der Waals surface area (Å²) in [4.78, 5) is 25.8. The van der Waals surface area contributed by atoms with E-state index in [9.17, 15) is 31.2 Å². The fourth-order valence-electron chi connectivity index (χ4n) is 6.21. The Kier molecular flexibility index (Phi) is 6.49. The van der Waals surface area contributed by atoms with E-state index in [1.165, 1.54) is 30.3 Å². The average molecular weight is 610 g/mol. The van der Waals surface area contributed by atoms with Gasteiger partial charge in [0.1, 0.15) is 17.7 Å². The molecule has 43 heavy (non-hydrogen) atoms. The summed E-state index contributed by atoms with van der Waals surface area (Å²) in [6.45, 7) is 3.82. The number of carbonyl (C=O) groups is 1. The van der Waals surface area contributed by atoms with Crippen LogP contribution in [0.5, 0.6) is 0 Å². The highest BCUT2D eigenvalue weighted by Gasteiger charge is 2.48. The van der Waals surface area contributed by atoms with Gasteiger partial charge in [-0.15, -0.1) is 10.2 Å². The van der Waals surface area contributed by atoms with Gasteiger partial charge in [0.05, 0.1) is 21.6 Å². The van der Waals surface area contributed by atoms with E-state index >= 15 is 0 Å². The van der Waals surface area contributed by atoms with Crippen molar-refractivity contribution >= 4 is 27.2 Å². The highest BCUT2D eigenvalue weighted by molar-refractivity contribution is 7.90. The van der Waals surface area contributed by atoms with Crippen LogP contribution in [0.25, 0.3) is 16.6 Å². The molecule has 1 aliphatic rings. The summed E-state index contributed by atoms with van der Waals surface area (Å²) in [6, 6.07) is 12.9. The molecule has 0 atom stereocenters. The normalized spacial score (nSPS) is 19.0. The summed E-state index contributed by atoms with van der Waals surface area (Å²) in [5.74, 6) is 1.04. The van der Waals surface area contributed by atoms with Crippen LogP contribution in [0.1, 0.15) is 52.8 Å². The number of pyridine rings is 1. The second-order valence-electron chi connectivity index (χ2n) is 11.2. The lowest BCUT2D eigenvalue weighted by Crippen LogP contribution is -2.43. The summed E-state index contributed by atoms with van der Waals surface area (Å²) in [5, 5.41) is 7.62. The minimum atomic E-state index is -4.98. The van der Waals surface area contributed by atoms with Gasteiger partial charge in [0.25, 0.3) is 15.6 Å². The number of hydrogen-bond acceptors (Lipinski definition) is 6. The Labute approximate surface area is 244 Å². The smallest absolute Gasteiger partial charge is 0.320 e. The number of aromatic nitrogens is 5. The van der Waals surface area contributed by atoms with Gasteiger partial charge >= 0.3 is 6.18 Å². The first-order valence-electron chi connectivity index (χ1n) is 13.4. The van der Waals surface area contributed by atoms with E-state index in [0.29, 0.717) is 34.8 Å². The zero-order chi connectivity index (χ0) is 30.9. The summed E-state index contributed by atoms with van der Waals surface area (Å²) >= 11 is 0. The van der Waals surface area contributed by atoms with Crippen LogP contribution in [0.4, 0.5) is 13.2 Å². The molecule has 1 saturated carbocycles. The molecule has 1 aliphatic carbocycles. The Bertz CT molecular complexity index is 2070. The molecule has 2 aromatic carbocycles. The fourth-order valence-corrected chi connectivity index (χ4v) is 7.69. The van der Waals surface area contributed by atoms with Crippen molar-refractivity contribution in [3.05, 3.63) is 106 Å². The quantitative estimate of drug-likeness (QED) is 0.251. The lowest BCUT2D eigenvalue weighted by Gasteiger charge is -2.46. The van der Waals surface area contributed by atoms with Gasteiger partial charge in [-0.2, -0.15) is 13.2 Å². The monoisotopic (exact) mass is 609 g/mol. The molecule has 0 bridgehead atoms. The summed E-state index contributed by atoms with van der Waals surface area (Å²) in [6.07, 6.45) is -1.20. The van der Waals surface area contributed by atoms with Crippen molar-refractivity contribution in [3.8, 4) is 5.69 Å². The van der Waals surface area contributed by atoms with Gasteiger partial charge in [0.2, 0.25) is 0 Å². The molecule has 0 unspecified atom stereocenters. The molecule has 3 aromatic heterocycles. The molecule has 0 radical (unpaired) electrons. The van der Waals surface area contributed by atoms with E-state index in [1.807, 2.05) is 13.1 Å². The second-order valence-corrected chi connectivity index (χ2v) is 12.9. The second kappa shape index (κ2) is 9.76. The van der Waals surface area contributed by atoms with Crippen molar-refractivity contribution in [2.45, 2.75) is 43.2 Å². The molecule has 0 aliphatic heterocycles. The number of aldehydes is 1. The number of halogens is 3. The van der Waals surface area contributed by atoms with Crippen LogP contribution in [-0.2, 0) is 28.7 Å². The molecular weight excluding hydrogens is 583 g/mol. The fraction of sp³-hybridized carbons (Fsp3) is 0.267. The third-order valence-electron chi connectivity index (χ3n) is 8.15. The Morgan fingerprint density at radius 1 is 1.07 bits per heavy atom. The number of benzene rings is 2. The Morgan fingerprint density at radius 3 is 2.35 bits per heavy atom. The highest BCUT2D eigenvalue weighted by Crippen LogP contribution is 2.51. The number of hydrogen-bond donors (Lipinski definition) is 0. The zero-order valence-corrected chi connectivity index (χ0v) is 24.1. The first-order valence-corrected chi connectivity index (χ1v) is 14.8. The largest absolute Gasteiger partial charge is 0.418 e. The molecule has 1 fully saturated rings. The van der Waals surface area contributed by atoms with Crippen LogP contribution in [0.3, 0.4) is 0 Å². The van der Waals surface area contributed by atoms with Gasteiger partial charge in [-0.1, -0.05) is 36.8 Å². The van der Waals surface area contributed by atoms with Crippen LogP contribution in [0.2, 0.25) is 0 Å². The first kappa shape index (κ1) is 28.6. The van der Waals surface area contributed by atoms with Crippen molar-refractivity contribution in [1.29, 1.82) is 0 Å². The molecule has 9 nitrogen and oxygen atoms in total. The van der Waals surface area contributed by atoms with Crippen LogP contribution >= 0.6 is 0 Å². The zero-order valence-electron chi connectivity index (χ0n) is 23.3. The predicted octanol–water partition coefficient (Wildman–Crippen LogP) is 5.01. The third-order valence-corrected chi connectivity index (χ3v) is 9.89. The van der Waals surface area contributed by atoms with Crippen molar-refractivity contribution in [3.63, 3.8) is 0 Å². The predicted molar refractivity (Wildman–Crippen MR) is 152 cm³/mol. The molecular formula is C30H26F3N5O4S. The Balaban J connectivity index is 1.64. The van der Waals surface area contributed by atoms with E-state index < -0.39 is 49.3 Å². The van der Waals surface area contributed by atoms with E-state index in [-0.39, 0.29) is 16.9 Å². The number of nitrogens with zero attached hydrogens (tertiary/aromatic N) is 5. The Hall–Kier alpha value is -4.52. The van der Waals surface area contributed by atoms with Gasteiger partial charge in [0, 0.05) is 24.3 Å². The van der Waals surface area contributed by atoms with Crippen LogP contribution < -0.4 is 5.56 Å². The van der Waals surface area contributed by atoms with E-state index in [0.717, 1.165) is 21.8 Å². The third kappa shape index (κ3) is 4.41. The van der Waals surface area contributed by atoms with Crippen molar-refractivity contribution in [2.75, 3.05) is 0 Å². The molecule has 6 rings (SSSR count). The molecule has 0 saturated heterocycles. The van der Waals surface area contributed by atoms with Gasteiger partial charge in [-0.05, 0) is 61.6 Å². The molecule has 0 amide bonds. The SMILES string of the molecule is Cc1ccc(S(=O)(=O)n2c(C=O)cc3c(C(F)(F)F)cn(-c4cccc(C5(c6nncn6C)CC(C)C5)c4)c(=O)c32)cc1. The van der Waals surface area contributed by atoms with E-state index in [4.69, 9.17) is 0 Å². The Morgan fingerprint density at radius 2 is 1.77 bits per heavy atom. The summed E-state index contributed by atoms with van der Waals surface area (Å²) in [5.41, 5.74) is -2.65. The minimum absolute atomic E-state index is 0.101. The molecule has 3 heterocycles. The van der Waals surface area contributed by atoms with Crippen molar-refractivity contribution in [2.24, 2.45) is 13.0 Å². The van der Waals surface area contributed by atoms with Crippen molar-refractivity contribution < 1.29 is 26.4 Å². The molecule has 0 N–H and O–H groups in total. The summed E-state index contributed by atoms with van der Waals surface area (Å²) in [7, 11) is -2.83. The van der Waals surface area contributed by atoms with Gasteiger partial charge < -0.3 is 4.57 Å². The number of aryl methyl sites for hydroxylation is 2. The van der Waals surface area contributed by atoms with Crippen LogP contribution in [0, 0.1) is 12.8 Å². The maximum Gasteiger partial charge on any atom is 0.418 e. The first-order chi connectivity index (χ1) is 20.3. The molecule has 0 spiro atoms. The van der Waals surface area contributed by atoms with E-state index in [1.54, 1.807) is 30.0 Å². The lowest BCUT2D eigenvalue weighted by molar-refractivity contribution is -0.136. The maximum absolute atomic E-state index is 14.5. The van der Waals surface area contributed by atoms with Crippen molar-refractivity contribution in [1.82, 2.24) is 23.3 Å². The van der Waals surface area contributed by atoms with E-state index in [2.05, 4.69) is 17.1 Å². The van der Waals surface area contributed by atoms with Gasteiger partial charge in [-0.3, -0.25) is 14.2 Å². The number of alkyl halides is 3. The number of carbonyl (C=O) groups excluding carboxylic acids is 1. The molecule has 222 valence electrons. The standard InChI is InChI=1S/C30H26F3N5O4S/c1-18-7-9-23(10-8-18)43(41,42)38-22(16-39)12-24-25(30(31,32)33)15-37(27(40)26(24)38)21-6-4-5-20(11-21)29(13-19(2)14-29)28-35-34-17-36(28)3/h4-12,15-17,19H,13-14H2,1-3H3. The number of rotatable bonds is 6. The lowest BCUT2D eigenvalue weighted by atomic mass is 9.58. The topological polar surface area (TPSA) is 109 Å². The summed E-state index contributed by atoms with van der Waals surface area (Å²) < 4.78 is 73.9. The average Bonchev–Trinajstić information content (AvgIpc) is 3.55. The highest BCUT2D eigenvalue weighted by atomic mass is 32.2. The molecule has 5 aromatic rings. The van der Waals surface area contributed by atoms with Crippen LogP contribution in [-0.4, -0.2) is 38.0 Å². The number of fused-ring (bicyclic) bond motifs is 1. The molecule has 13 heteroatoms. The van der Waals surface area contributed by atoms with Gasteiger partial charge in [0.15, 0.2) is 6.29 Å². The minimum Gasteiger partial charge on any atom is -0.320 e. The van der Waals surface area contributed by atoms with Gasteiger partial charge in [-0.25, -0.2) is 12.4 Å². The van der Waals surface area contributed by atoms with Crippen LogP contribution in [0.15, 0.2) is 76.8 Å². The maximum atomic E-state index is 14.5.